The number of aromatic nitrogens is 1. The van der Waals surface area contributed by atoms with Crippen molar-refractivity contribution in [3.63, 3.8) is 0 Å². The third-order valence-electron chi connectivity index (χ3n) is 5.83. The van der Waals surface area contributed by atoms with Gasteiger partial charge in [0.2, 0.25) is 0 Å². The van der Waals surface area contributed by atoms with Gasteiger partial charge < -0.3 is 20.4 Å². The monoisotopic (exact) mass is 363 g/mol. The maximum Gasteiger partial charge on any atom is 0.0623 e. The summed E-state index contributed by atoms with van der Waals surface area (Å²) < 4.78 is 5.67. The lowest BCUT2D eigenvalue weighted by Gasteiger charge is -2.33. The highest BCUT2D eigenvalue weighted by atomic mass is 35.5. The van der Waals surface area contributed by atoms with Crippen LogP contribution in [0.2, 0.25) is 0 Å². The fourth-order valence-corrected chi connectivity index (χ4v) is 4.63. The Morgan fingerprint density at radius 1 is 1.28 bits per heavy atom. The molecule has 0 radical (unpaired) electrons. The summed E-state index contributed by atoms with van der Waals surface area (Å²) in [5, 5.41) is 8.91. The zero-order chi connectivity index (χ0) is 16.4. The third kappa shape index (κ3) is 4.03. The quantitative estimate of drug-likeness (QED) is 0.764. The Bertz CT molecular complexity index is 681. The van der Waals surface area contributed by atoms with Crippen LogP contribution in [0, 0.1) is 12.8 Å². The van der Waals surface area contributed by atoms with Crippen molar-refractivity contribution < 1.29 is 4.74 Å². The van der Waals surface area contributed by atoms with Crippen molar-refractivity contribution >= 4 is 23.3 Å². The van der Waals surface area contributed by atoms with Crippen LogP contribution in [0.1, 0.15) is 30.4 Å². The number of halogens is 1. The van der Waals surface area contributed by atoms with Gasteiger partial charge in [-0.15, -0.1) is 12.4 Å². The summed E-state index contributed by atoms with van der Waals surface area (Å²) in [6, 6.07) is 7.67. The van der Waals surface area contributed by atoms with Crippen LogP contribution < -0.4 is 10.6 Å². The standard InChI is InChI=1S/C20H29N3O.ClH/c1-14-4-2-7-18-20(14)15(12-23-18)8-9-21-17-6-3-5-16(17)19-13-24-11-10-22-19;/h2,4,7,12,16-17,19,21-23H,3,5-6,8-11,13H2,1H3;1H. The van der Waals surface area contributed by atoms with Crippen molar-refractivity contribution in [1.82, 2.24) is 15.6 Å². The summed E-state index contributed by atoms with van der Waals surface area (Å²) in [6.07, 6.45) is 7.23. The molecule has 2 fully saturated rings. The first-order valence-corrected chi connectivity index (χ1v) is 9.43. The van der Waals surface area contributed by atoms with Crippen molar-refractivity contribution in [2.24, 2.45) is 5.92 Å². The Hall–Kier alpha value is -1.07. The summed E-state index contributed by atoms with van der Waals surface area (Å²) in [4.78, 5) is 3.41. The third-order valence-corrected chi connectivity index (χ3v) is 5.83. The second kappa shape index (κ2) is 8.54. The normalized spacial score (nSPS) is 26.7. The second-order valence-electron chi connectivity index (χ2n) is 7.35. The molecule has 0 bridgehead atoms. The van der Waals surface area contributed by atoms with E-state index in [9.17, 15) is 0 Å². The summed E-state index contributed by atoms with van der Waals surface area (Å²) in [6.45, 7) is 6.00. The summed E-state index contributed by atoms with van der Waals surface area (Å²) in [5.74, 6) is 0.718. The zero-order valence-electron chi connectivity index (χ0n) is 15.0. The van der Waals surface area contributed by atoms with Crippen LogP contribution >= 0.6 is 12.4 Å². The number of benzene rings is 1. The smallest absolute Gasteiger partial charge is 0.0623 e. The molecular formula is C20H30ClN3O. The van der Waals surface area contributed by atoms with Crippen molar-refractivity contribution in [1.29, 1.82) is 0 Å². The van der Waals surface area contributed by atoms with E-state index >= 15 is 0 Å². The maximum absolute atomic E-state index is 5.67. The Kier molecular flexibility index (Phi) is 6.39. The number of morpholine rings is 1. The van der Waals surface area contributed by atoms with Gasteiger partial charge in [-0.25, -0.2) is 0 Å². The van der Waals surface area contributed by atoms with Crippen LogP contribution in [0.4, 0.5) is 0 Å². The lowest BCUT2D eigenvalue weighted by atomic mass is 9.94. The van der Waals surface area contributed by atoms with Crippen molar-refractivity contribution in [2.45, 2.75) is 44.7 Å². The number of aromatic amines is 1. The maximum atomic E-state index is 5.67. The first-order valence-electron chi connectivity index (χ1n) is 9.43. The van der Waals surface area contributed by atoms with Gasteiger partial charge in [-0.05, 0) is 55.8 Å². The number of hydrogen-bond acceptors (Lipinski definition) is 3. The van der Waals surface area contributed by atoms with Gasteiger partial charge in [0.1, 0.15) is 0 Å². The topological polar surface area (TPSA) is 49.1 Å². The molecule has 1 aliphatic heterocycles. The van der Waals surface area contributed by atoms with Gasteiger partial charge in [-0.1, -0.05) is 18.6 Å². The van der Waals surface area contributed by atoms with Gasteiger partial charge in [0.25, 0.3) is 0 Å². The van der Waals surface area contributed by atoms with E-state index in [1.54, 1.807) is 0 Å². The number of nitrogens with one attached hydrogen (secondary N) is 3. The molecule has 1 saturated heterocycles. The van der Waals surface area contributed by atoms with E-state index in [1.165, 1.54) is 41.3 Å². The van der Waals surface area contributed by atoms with E-state index < -0.39 is 0 Å². The van der Waals surface area contributed by atoms with Gasteiger partial charge in [0.15, 0.2) is 0 Å². The van der Waals surface area contributed by atoms with E-state index in [4.69, 9.17) is 4.74 Å². The molecule has 25 heavy (non-hydrogen) atoms. The predicted octanol–water partition coefficient (Wildman–Crippen LogP) is 3.19. The average molecular weight is 364 g/mol. The Morgan fingerprint density at radius 3 is 3.04 bits per heavy atom. The van der Waals surface area contributed by atoms with E-state index in [2.05, 4.69) is 46.9 Å². The average Bonchev–Trinajstić information content (AvgIpc) is 3.24. The molecule has 2 aromatic rings. The molecular weight excluding hydrogens is 334 g/mol. The molecule has 5 heteroatoms. The number of rotatable bonds is 5. The van der Waals surface area contributed by atoms with Gasteiger partial charge in [-0.3, -0.25) is 0 Å². The molecule has 3 unspecified atom stereocenters. The molecule has 1 aromatic heterocycles. The first kappa shape index (κ1) is 18.7. The van der Waals surface area contributed by atoms with Crippen molar-refractivity contribution in [3.8, 4) is 0 Å². The fourth-order valence-electron chi connectivity index (χ4n) is 4.63. The minimum Gasteiger partial charge on any atom is -0.379 e. The van der Waals surface area contributed by atoms with Crippen LogP contribution in [-0.2, 0) is 11.2 Å². The summed E-state index contributed by atoms with van der Waals surface area (Å²) >= 11 is 0. The lowest BCUT2D eigenvalue weighted by molar-refractivity contribution is 0.0526. The van der Waals surface area contributed by atoms with Crippen LogP contribution in [0.3, 0.4) is 0 Å². The van der Waals surface area contributed by atoms with Gasteiger partial charge in [0.05, 0.1) is 13.2 Å². The molecule has 138 valence electrons. The van der Waals surface area contributed by atoms with E-state index in [1.807, 2.05) is 0 Å². The second-order valence-corrected chi connectivity index (χ2v) is 7.35. The molecule has 4 rings (SSSR count). The minimum absolute atomic E-state index is 0. The molecule has 4 nitrogen and oxygen atoms in total. The Morgan fingerprint density at radius 2 is 2.20 bits per heavy atom. The molecule has 1 aliphatic carbocycles. The van der Waals surface area contributed by atoms with Crippen LogP contribution in [-0.4, -0.2) is 43.4 Å². The largest absolute Gasteiger partial charge is 0.379 e. The van der Waals surface area contributed by atoms with E-state index in [0.717, 1.165) is 38.6 Å². The number of fused-ring (bicyclic) bond motifs is 1. The SMILES string of the molecule is Cc1cccc2[nH]cc(CCNC3CCCC3C3COCCN3)c12.Cl. The first-order chi connectivity index (χ1) is 11.8. The molecule has 3 N–H and O–H groups in total. The van der Waals surface area contributed by atoms with Gasteiger partial charge >= 0.3 is 0 Å². The molecule has 1 saturated carbocycles. The minimum atomic E-state index is 0. The van der Waals surface area contributed by atoms with E-state index in [-0.39, 0.29) is 12.4 Å². The molecule has 0 amide bonds. The highest BCUT2D eigenvalue weighted by Crippen LogP contribution is 2.29. The highest BCUT2D eigenvalue weighted by molar-refractivity contribution is 5.86. The molecule has 3 atom stereocenters. The number of H-pyrrole nitrogens is 1. The predicted molar refractivity (Wildman–Crippen MR) is 106 cm³/mol. The summed E-state index contributed by atoms with van der Waals surface area (Å²) in [5.41, 5.74) is 4.06. The van der Waals surface area contributed by atoms with Gasteiger partial charge in [0, 0.05) is 35.7 Å². The highest BCUT2D eigenvalue weighted by Gasteiger charge is 2.34. The van der Waals surface area contributed by atoms with Crippen LogP contribution in [0.5, 0.6) is 0 Å². The molecule has 1 aromatic carbocycles. The molecule has 0 spiro atoms. The molecule has 2 aliphatic rings. The van der Waals surface area contributed by atoms with Crippen LogP contribution in [0.25, 0.3) is 10.9 Å². The Labute approximate surface area is 156 Å². The number of aryl methyl sites for hydroxylation is 1. The molecule has 2 heterocycles. The lowest BCUT2D eigenvalue weighted by Crippen LogP contribution is -2.51. The summed E-state index contributed by atoms with van der Waals surface area (Å²) in [7, 11) is 0. The number of hydrogen-bond donors (Lipinski definition) is 3. The number of ether oxygens (including phenoxy) is 1. The van der Waals surface area contributed by atoms with Gasteiger partial charge in [-0.2, -0.15) is 0 Å². The van der Waals surface area contributed by atoms with E-state index in [0.29, 0.717) is 12.1 Å². The Balaban J connectivity index is 0.00000182. The van der Waals surface area contributed by atoms with Crippen molar-refractivity contribution in [3.05, 3.63) is 35.5 Å². The van der Waals surface area contributed by atoms with Crippen LogP contribution in [0.15, 0.2) is 24.4 Å². The zero-order valence-corrected chi connectivity index (χ0v) is 15.8. The fraction of sp³-hybridized carbons (Fsp3) is 0.600. The van der Waals surface area contributed by atoms with Crippen molar-refractivity contribution in [2.75, 3.05) is 26.3 Å².